The lowest BCUT2D eigenvalue weighted by Gasteiger charge is -2.11. The van der Waals surface area contributed by atoms with Gasteiger partial charge in [-0.2, -0.15) is 0 Å². The zero-order valence-corrected chi connectivity index (χ0v) is 14.6. The highest BCUT2D eigenvalue weighted by Crippen LogP contribution is 2.21. The van der Waals surface area contributed by atoms with E-state index in [-0.39, 0.29) is 0 Å². The van der Waals surface area contributed by atoms with Crippen LogP contribution in [0.25, 0.3) is 0 Å². The van der Waals surface area contributed by atoms with Crippen molar-refractivity contribution in [1.29, 1.82) is 0 Å². The Labute approximate surface area is 138 Å². The van der Waals surface area contributed by atoms with Crippen molar-refractivity contribution >= 4 is 28.4 Å². The van der Waals surface area contributed by atoms with Crippen molar-refractivity contribution < 1.29 is 4.74 Å². The van der Waals surface area contributed by atoms with Gasteiger partial charge in [0.05, 0.1) is 16.4 Å². The first-order valence-electron chi connectivity index (χ1n) is 6.96. The van der Waals surface area contributed by atoms with E-state index < -0.39 is 0 Å². The van der Waals surface area contributed by atoms with Crippen molar-refractivity contribution in [1.82, 2.24) is 15.0 Å². The van der Waals surface area contributed by atoms with Crippen LogP contribution in [0.5, 0.6) is 5.88 Å². The number of anilines is 1. The fourth-order valence-electron chi connectivity index (χ4n) is 1.96. The number of aromatic nitrogens is 3. The molecule has 2 aromatic rings. The maximum absolute atomic E-state index is 5.07. The number of hydrogen-bond acceptors (Lipinski definition) is 5. The molecule has 0 bridgehead atoms. The van der Waals surface area contributed by atoms with Gasteiger partial charge in [0.2, 0.25) is 5.88 Å². The molecule has 0 saturated heterocycles. The van der Waals surface area contributed by atoms with Crippen LogP contribution in [0.15, 0.2) is 18.3 Å². The minimum Gasteiger partial charge on any atom is -0.481 e. The molecule has 112 valence electrons. The first-order valence-corrected chi connectivity index (χ1v) is 8.03. The average Bonchev–Trinajstić information content (AvgIpc) is 2.51. The van der Waals surface area contributed by atoms with E-state index in [0.717, 1.165) is 39.4 Å². The Bertz CT molecular complexity index is 601. The van der Waals surface area contributed by atoms with Crippen LogP contribution in [0.1, 0.15) is 30.9 Å². The second kappa shape index (κ2) is 7.53. The van der Waals surface area contributed by atoms with Crippen LogP contribution in [0, 0.1) is 3.57 Å². The van der Waals surface area contributed by atoms with Crippen LogP contribution in [-0.2, 0) is 12.8 Å². The molecule has 6 heteroatoms. The maximum Gasteiger partial charge on any atom is 0.212 e. The lowest BCUT2D eigenvalue weighted by molar-refractivity contribution is 0.397. The van der Waals surface area contributed by atoms with E-state index >= 15 is 0 Å². The number of methoxy groups -OCH3 is 1. The number of nitrogens with one attached hydrogen (secondary N) is 1. The summed E-state index contributed by atoms with van der Waals surface area (Å²) in [5, 5.41) is 3.30. The molecule has 2 rings (SSSR count). The summed E-state index contributed by atoms with van der Waals surface area (Å²) in [6.07, 6.45) is 3.37. The van der Waals surface area contributed by atoms with Crippen molar-refractivity contribution in [3.05, 3.63) is 39.0 Å². The Hall–Kier alpha value is -1.44. The van der Waals surface area contributed by atoms with E-state index in [9.17, 15) is 0 Å². The van der Waals surface area contributed by atoms with E-state index in [1.54, 1.807) is 13.3 Å². The van der Waals surface area contributed by atoms with Crippen molar-refractivity contribution in [3.8, 4) is 5.88 Å². The predicted octanol–water partition coefficient (Wildman–Crippen LogP) is 3.07. The monoisotopic (exact) mass is 398 g/mol. The molecule has 0 saturated carbocycles. The molecule has 0 spiro atoms. The largest absolute Gasteiger partial charge is 0.481 e. The molecular formula is C15H19IN4O. The normalized spacial score (nSPS) is 10.5. The smallest absolute Gasteiger partial charge is 0.212 e. The first kappa shape index (κ1) is 15.9. The van der Waals surface area contributed by atoms with E-state index in [2.05, 4.69) is 56.7 Å². The third-order valence-corrected chi connectivity index (χ3v) is 4.15. The lowest BCUT2D eigenvalue weighted by Crippen LogP contribution is -2.10. The third kappa shape index (κ3) is 4.03. The van der Waals surface area contributed by atoms with Crippen LogP contribution in [0.3, 0.4) is 0 Å². The number of nitrogens with zero attached hydrogens (tertiary/aromatic N) is 3. The molecule has 2 heterocycles. The minimum absolute atomic E-state index is 0.616. The van der Waals surface area contributed by atoms with Crippen molar-refractivity contribution in [3.63, 3.8) is 0 Å². The molecule has 2 aromatic heterocycles. The van der Waals surface area contributed by atoms with Crippen LogP contribution in [-0.4, -0.2) is 28.6 Å². The molecule has 1 N–H and O–H groups in total. The highest BCUT2D eigenvalue weighted by atomic mass is 127. The molecule has 0 aliphatic carbocycles. The van der Waals surface area contributed by atoms with Gasteiger partial charge in [-0.05, 0) is 41.5 Å². The number of pyridine rings is 1. The molecule has 0 amide bonds. The highest BCUT2D eigenvalue weighted by molar-refractivity contribution is 14.1. The molecule has 21 heavy (non-hydrogen) atoms. The Kier molecular flexibility index (Phi) is 5.72. The zero-order chi connectivity index (χ0) is 15.2. The van der Waals surface area contributed by atoms with E-state index in [4.69, 9.17) is 4.74 Å². The molecule has 0 atom stereocenters. The van der Waals surface area contributed by atoms with Gasteiger partial charge in [-0.3, -0.25) is 0 Å². The molecule has 0 radical (unpaired) electrons. The second-order valence-corrected chi connectivity index (χ2v) is 5.60. The van der Waals surface area contributed by atoms with Gasteiger partial charge < -0.3 is 10.1 Å². The summed E-state index contributed by atoms with van der Waals surface area (Å²) in [5.74, 6) is 2.35. The van der Waals surface area contributed by atoms with Crippen LogP contribution in [0.4, 0.5) is 5.82 Å². The Morgan fingerprint density at radius 1 is 1.24 bits per heavy atom. The van der Waals surface area contributed by atoms with E-state index in [1.165, 1.54) is 0 Å². The van der Waals surface area contributed by atoms with Gasteiger partial charge in [0.1, 0.15) is 11.6 Å². The summed E-state index contributed by atoms with van der Waals surface area (Å²) in [5.41, 5.74) is 2.15. The molecule has 0 aliphatic rings. The molecular weight excluding hydrogens is 379 g/mol. The van der Waals surface area contributed by atoms with Gasteiger partial charge in [0.15, 0.2) is 0 Å². The SMILES string of the molecule is CCNc1nc(Cc2ccc(OC)nc2)nc(CC)c1I. The number of hydrogen-bond donors (Lipinski definition) is 1. The average molecular weight is 398 g/mol. The van der Waals surface area contributed by atoms with Crippen molar-refractivity contribution in [2.24, 2.45) is 0 Å². The summed E-state index contributed by atoms with van der Waals surface area (Å²) >= 11 is 2.30. The fraction of sp³-hybridized carbons (Fsp3) is 0.400. The summed E-state index contributed by atoms with van der Waals surface area (Å²) in [4.78, 5) is 13.5. The van der Waals surface area contributed by atoms with Crippen LogP contribution >= 0.6 is 22.6 Å². The Morgan fingerprint density at radius 2 is 2.05 bits per heavy atom. The quantitative estimate of drug-likeness (QED) is 0.758. The topological polar surface area (TPSA) is 59.9 Å². The number of halogens is 1. The van der Waals surface area contributed by atoms with E-state index in [0.29, 0.717) is 12.3 Å². The number of rotatable bonds is 6. The van der Waals surface area contributed by atoms with Crippen LogP contribution in [0.2, 0.25) is 0 Å². The maximum atomic E-state index is 5.07. The first-order chi connectivity index (χ1) is 10.2. The van der Waals surface area contributed by atoms with Gasteiger partial charge in [0, 0.05) is 25.2 Å². The molecule has 0 fully saturated rings. The Morgan fingerprint density at radius 3 is 2.62 bits per heavy atom. The standard InChI is InChI=1S/C15H19IN4O/c1-4-11-14(16)15(17-5-2)20-12(19-11)8-10-6-7-13(21-3)18-9-10/h6-7,9H,4-5,8H2,1-3H3,(H,17,19,20). The van der Waals surface area contributed by atoms with Gasteiger partial charge in [-0.1, -0.05) is 13.0 Å². The van der Waals surface area contributed by atoms with Gasteiger partial charge in [-0.15, -0.1) is 0 Å². The molecule has 0 unspecified atom stereocenters. The molecule has 5 nitrogen and oxygen atoms in total. The second-order valence-electron chi connectivity index (χ2n) is 4.52. The highest BCUT2D eigenvalue weighted by Gasteiger charge is 2.11. The van der Waals surface area contributed by atoms with Gasteiger partial charge >= 0.3 is 0 Å². The molecule has 0 aromatic carbocycles. The molecule has 0 aliphatic heterocycles. The summed E-state index contributed by atoms with van der Waals surface area (Å²) in [7, 11) is 1.61. The van der Waals surface area contributed by atoms with Crippen LogP contribution < -0.4 is 10.1 Å². The van der Waals surface area contributed by atoms with Crippen molar-refractivity contribution in [2.75, 3.05) is 19.0 Å². The van der Waals surface area contributed by atoms with E-state index in [1.807, 2.05) is 12.1 Å². The van der Waals surface area contributed by atoms with Crippen molar-refractivity contribution in [2.45, 2.75) is 26.7 Å². The Balaban J connectivity index is 2.27. The number of aryl methyl sites for hydroxylation is 1. The summed E-state index contributed by atoms with van der Waals surface area (Å²) < 4.78 is 6.17. The zero-order valence-electron chi connectivity index (χ0n) is 12.5. The summed E-state index contributed by atoms with van der Waals surface area (Å²) in [6.45, 7) is 5.02. The lowest BCUT2D eigenvalue weighted by atomic mass is 10.2. The fourth-order valence-corrected chi connectivity index (χ4v) is 2.77. The summed E-state index contributed by atoms with van der Waals surface area (Å²) in [6, 6.07) is 3.85. The van der Waals surface area contributed by atoms with Gasteiger partial charge in [0.25, 0.3) is 0 Å². The van der Waals surface area contributed by atoms with Gasteiger partial charge in [-0.25, -0.2) is 15.0 Å². The predicted molar refractivity (Wildman–Crippen MR) is 91.9 cm³/mol. The minimum atomic E-state index is 0.616. The number of ether oxygens (including phenoxy) is 1. The third-order valence-electron chi connectivity index (χ3n) is 3.01.